The first-order valence-corrected chi connectivity index (χ1v) is 3.53. The Morgan fingerprint density at radius 1 is 1.67 bits per heavy atom. The second-order valence-corrected chi connectivity index (χ2v) is 2.79. The number of alkyl halides is 2. The van der Waals surface area contributed by atoms with E-state index in [0.29, 0.717) is 0 Å². The molecule has 0 aromatic rings. The number of rotatable bonds is 3. The van der Waals surface area contributed by atoms with Crippen molar-refractivity contribution in [3.63, 3.8) is 0 Å². The van der Waals surface area contributed by atoms with Crippen LogP contribution in [0.2, 0.25) is 0 Å². The number of carbonyl (C=O) groups excluding carboxylic acids is 1. The summed E-state index contributed by atoms with van der Waals surface area (Å²) in [5.74, 6) is 0.229. The van der Waals surface area contributed by atoms with Gasteiger partial charge in [-0.05, 0) is 0 Å². The molecule has 0 heterocycles. The third-order valence-corrected chi connectivity index (χ3v) is 1.49. The summed E-state index contributed by atoms with van der Waals surface area (Å²) >= 11 is 0.941. The van der Waals surface area contributed by atoms with Gasteiger partial charge in [0.1, 0.15) is 0 Å². The number of carbonyl (C=O) groups is 1. The second-order valence-electron chi connectivity index (χ2n) is 1.52. The highest BCUT2D eigenvalue weighted by Crippen LogP contribution is 2.07. The lowest BCUT2D eigenvalue weighted by atomic mass is 10.5. The van der Waals surface area contributed by atoms with Crippen LogP contribution >= 0.6 is 11.8 Å². The number of halogens is 2. The summed E-state index contributed by atoms with van der Waals surface area (Å²) in [6, 6.07) is 0. The van der Waals surface area contributed by atoms with E-state index in [1.165, 1.54) is 6.92 Å². The quantitative estimate of drug-likeness (QED) is 0.617. The van der Waals surface area contributed by atoms with Crippen molar-refractivity contribution in [2.45, 2.75) is 19.8 Å². The molecule has 9 heavy (non-hydrogen) atoms. The normalized spacial score (nSPS) is 10.2. The van der Waals surface area contributed by atoms with Crippen molar-refractivity contribution in [3.05, 3.63) is 0 Å². The molecule has 4 heteroatoms. The lowest BCUT2D eigenvalue weighted by Crippen LogP contribution is -1.94. The Kier molecular flexibility index (Phi) is 4.67. The fourth-order valence-electron chi connectivity index (χ4n) is 0.292. The van der Waals surface area contributed by atoms with Crippen LogP contribution in [0.15, 0.2) is 0 Å². The zero-order chi connectivity index (χ0) is 7.28. The smallest absolute Gasteiger partial charge is 0.239 e. The second kappa shape index (κ2) is 4.73. The van der Waals surface area contributed by atoms with Crippen LogP contribution in [-0.4, -0.2) is 17.3 Å². The Bertz CT molecular complexity index is 95.0. The topological polar surface area (TPSA) is 17.1 Å². The summed E-state index contributed by atoms with van der Waals surface area (Å²) in [5, 5.41) is -0.101. The van der Waals surface area contributed by atoms with Gasteiger partial charge in [0.2, 0.25) is 6.43 Å². The first-order chi connectivity index (χ1) is 4.13. The van der Waals surface area contributed by atoms with Crippen molar-refractivity contribution in [2.75, 3.05) is 5.75 Å². The van der Waals surface area contributed by atoms with Crippen LogP contribution < -0.4 is 0 Å². The molecule has 0 amide bonds. The Balaban J connectivity index is 3.01. The van der Waals surface area contributed by atoms with E-state index in [0.717, 1.165) is 11.8 Å². The van der Waals surface area contributed by atoms with E-state index >= 15 is 0 Å². The average Bonchev–Trinajstić information content (AvgIpc) is 1.63. The van der Waals surface area contributed by atoms with Gasteiger partial charge in [0, 0.05) is 19.1 Å². The molecule has 0 aromatic carbocycles. The molecule has 0 bridgehead atoms. The summed E-state index contributed by atoms with van der Waals surface area (Å²) in [6.07, 6.45) is -2.47. The third kappa shape index (κ3) is 7.88. The van der Waals surface area contributed by atoms with E-state index in [1.807, 2.05) is 0 Å². The fraction of sp³-hybridized carbons (Fsp3) is 0.800. The molecule has 0 N–H and O–H groups in total. The molecule has 0 aromatic heterocycles. The van der Waals surface area contributed by atoms with Crippen LogP contribution in [-0.2, 0) is 4.79 Å². The Labute approximate surface area is 56.8 Å². The van der Waals surface area contributed by atoms with E-state index < -0.39 is 6.43 Å². The highest BCUT2D eigenvalue weighted by Gasteiger charge is 2.02. The fourth-order valence-corrected chi connectivity index (χ4v) is 0.875. The van der Waals surface area contributed by atoms with Gasteiger partial charge < -0.3 is 0 Å². The predicted octanol–water partition coefficient (Wildman–Crippen LogP) is 1.92. The van der Waals surface area contributed by atoms with Crippen LogP contribution in [0.25, 0.3) is 0 Å². The van der Waals surface area contributed by atoms with Crippen molar-refractivity contribution < 1.29 is 13.6 Å². The zero-order valence-electron chi connectivity index (χ0n) is 5.06. The molecule has 1 nitrogen and oxygen atoms in total. The molecule has 0 saturated carbocycles. The predicted molar refractivity (Wildman–Crippen MR) is 33.8 cm³/mol. The molecule has 0 radical (unpaired) electrons. The maximum atomic E-state index is 11.4. The standard InChI is InChI=1S/C5H8F2OS/c1-4(8)9-3-2-5(6)7/h5H,2-3H2,1H3. The molecule has 0 fully saturated rings. The molecule has 0 spiro atoms. The van der Waals surface area contributed by atoms with Gasteiger partial charge >= 0.3 is 0 Å². The maximum Gasteiger partial charge on any atom is 0.239 e. The third-order valence-electron chi connectivity index (χ3n) is 0.641. The summed E-state index contributed by atoms with van der Waals surface area (Å²) < 4.78 is 22.7. The van der Waals surface area contributed by atoms with Gasteiger partial charge in [-0.15, -0.1) is 0 Å². The van der Waals surface area contributed by atoms with Gasteiger partial charge in [-0.2, -0.15) is 0 Å². The van der Waals surface area contributed by atoms with Gasteiger partial charge in [0.25, 0.3) is 0 Å². The lowest BCUT2D eigenvalue weighted by Gasteiger charge is -1.94. The van der Waals surface area contributed by atoms with Crippen LogP contribution in [0.1, 0.15) is 13.3 Å². The van der Waals surface area contributed by atoms with Crippen LogP contribution in [0.4, 0.5) is 8.78 Å². The molecule has 0 saturated heterocycles. The number of hydrogen-bond donors (Lipinski definition) is 0. The van der Waals surface area contributed by atoms with Gasteiger partial charge in [0.15, 0.2) is 5.12 Å². The summed E-state index contributed by atoms with van der Waals surface area (Å²) in [5.41, 5.74) is 0. The van der Waals surface area contributed by atoms with Crippen molar-refractivity contribution in [3.8, 4) is 0 Å². The summed E-state index contributed by atoms with van der Waals surface area (Å²) in [6.45, 7) is 1.37. The number of hydrogen-bond acceptors (Lipinski definition) is 2. The van der Waals surface area contributed by atoms with E-state index in [1.54, 1.807) is 0 Å². The SMILES string of the molecule is CC(=O)SCCC(F)F. The molecular formula is C5H8F2OS. The lowest BCUT2D eigenvalue weighted by molar-refractivity contribution is -0.109. The molecule has 0 aliphatic heterocycles. The molecule has 0 unspecified atom stereocenters. The Morgan fingerprint density at radius 3 is 2.56 bits per heavy atom. The first kappa shape index (κ1) is 8.88. The monoisotopic (exact) mass is 154 g/mol. The Morgan fingerprint density at radius 2 is 2.22 bits per heavy atom. The maximum absolute atomic E-state index is 11.4. The van der Waals surface area contributed by atoms with Gasteiger partial charge in [-0.25, -0.2) is 8.78 Å². The highest BCUT2D eigenvalue weighted by atomic mass is 32.2. The molecule has 0 rings (SSSR count). The van der Waals surface area contributed by atoms with Gasteiger partial charge in [-0.3, -0.25) is 4.79 Å². The van der Waals surface area contributed by atoms with E-state index in [4.69, 9.17) is 0 Å². The van der Waals surface area contributed by atoms with Crippen molar-refractivity contribution >= 4 is 16.9 Å². The van der Waals surface area contributed by atoms with Crippen molar-refractivity contribution in [1.29, 1.82) is 0 Å². The van der Waals surface area contributed by atoms with E-state index in [-0.39, 0.29) is 17.3 Å². The average molecular weight is 154 g/mol. The van der Waals surface area contributed by atoms with E-state index in [2.05, 4.69) is 0 Å². The minimum Gasteiger partial charge on any atom is -0.288 e. The minimum absolute atomic E-state index is 0.101. The van der Waals surface area contributed by atoms with Crippen LogP contribution in [0.5, 0.6) is 0 Å². The van der Waals surface area contributed by atoms with Crippen molar-refractivity contribution in [1.82, 2.24) is 0 Å². The summed E-state index contributed by atoms with van der Waals surface area (Å²) in [7, 11) is 0. The Hall–Kier alpha value is -0.120. The van der Waals surface area contributed by atoms with Crippen LogP contribution in [0.3, 0.4) is 0 Å². The largest absolute Gasteiger partial charge is 0.288 e. The van der Waals surface area contributed by atoms with E-state index in [9.17, 15) is 13.6 Å². The first-order valence-electron chi connectivity index (χ1n) is 2.54. The molecule has 0 atom stereocenters. The van der Waals surface area contributed by atoms with Crippen LogP contribution in [0, 0.1) is 0 Å². The van der Waals surface area contributed by atoms with Gasteiger partial charge in [-0.1, -0.05) is 11.8 Å². The summed E-state index contributed by atoms with van der Waals surface area (Å²) in [4.78, 5) is 10.1. The molecule has 54 valence electrons. The number of thioether (sulfide) groups is 1. The molecule has 0 aliphatic carbocycles. The molecular weight excluding hydrogens is 146 g/mol. The molecule has 0 aliphatic rings. The minimum atomic E-state index is -2.28. The highest BCUT2D eigenvalue weighted by molar-refractivity contribution is 8.13. The van der Waals surface area contributed by atoms with Crippen molar-refractivity contribution in [2.24, 2.45) is 0 Å². The zero-order valence-corrected chi connectivity index (χ0v) is 5.88. The van der Waals surface area contributed by atoms with Gasteiger partial charge in [0.05, 0.1) is 0 Å².